The smallest absolute Gasteiger partial charge is 0.307 e. The third-order valence-corrected chi connectivity index (χ3v) is 8.36. The first kappa shape index (κ1) is 20.8. The van der Waals surface area contributed by atoms with Crippen molar-refractivity contribution in [1.29, 1.82) is 0 Å². The van der Waals surface area contributed by atoms with Gasteiger partial charge in [0.15, 0.2) is 0 Å². The Bertz CT molecular complexity index is 1250. The molecule has 0 atom stereocenters. The van der Waals surface area contributed by atoms with E-state index in [0.717, 1.165) is 28.0 Å². The summed E-state index contributed by atoms with van der Waals surface area (Å²) in [7, 11) is -2.01. The summed E-state index contributed by atoms with van der Waals surface area (Å²) >= 11 is 1.03. The lowest BCUT2D eigenvalue weighted by atomic mass is 10.1. The fraction of sp³-hybridized carbons (Fsp3) is 0.333. The number of carbonyl (C=O) groups is 1. The molecular weight excluding hydrogens is 422 g/mol. The maximum Gasteiger partial charge on any atom is 0.307 e. The normalized spacial score (nSPS) is 15.6. The molecule has 0 spiro atoms. The monoisotopic (exact) mass is 445 g/mol. The molecule has 158 valence electrons. The number of aromatic nitrogens is 1. The Morgan fingerprint density at radius 2 is 1.70 bits per heavy atom. The minimum atomic E-state index is -3.68. The SMILES string of the molecule is Cc1ccc(CC(=O)N2CCN(S(=O)(=O)c3ccc4c(c3)sc(=O)n4C)CC2)cc1. The molecule has 30 heavy (non-hydrogen) atoms. The summed E-state index contributed by atoms with van der Waals surface area (Å²) in [4.78, 5) is 26.2. The van der Waals surface area contributed by atoms with Crippen LogP contribution in [0.1, 0.15) is 11.1 Å². The van der Waals surface area contributed by atoms with E-state index in [1.165, 1.54) is 8.87 Å². The number of thiazole rings is 1. The van der Waals surface area contributed by atoms with Gasteiger partial charge in [0.25, 0.3) is 0 Å². The Morgan fingerprint density at radius 3 is 2.37 bits per heavy atom. The number of carbonyl (C=O) groups excluding carboxylic acids is 1. The predicted octanol–water partition coefficient (Wildman–Crippen LogP) is 1.98. The van der Waals surface area contributed by atoms with Crippen molar-refractivity contribution in [2.45, 2.75) is 18.2 Å². The maximum atomic E-state index is 13.1. The molecule has 7 nitrogen and oxygen atoms in total. The molecule has 3 aromatic rings. The third-order valence-electron chi connectivity index (χ3n) is 5.47. The van der Waals surface area contributed by atoms with Gasteiger partial charge in [0.2, 0.25) is 15.9 Å². The highest BCUT2D eigenvalue weighted by Crippen LogP contribution is 2.24. The third kappa shape index (κ3) is 3.92. The van der Waals surface area contributed by atoms with E-state index in [2.05, 4.69) is 0 Å². The van der Waals surface area contributed by atoms with Crippen molar-refractivity contribution in [3.8, 4) is 0 Å². The van der Waals surface area contributed by atoms with E-state index < -0.39 is 10.0 Å². The molecule has 1 aliphatic heterocycles. The van der Waals surface area contributed by atoms with Gasteiger partial charge in [0.05, 0.1) is 21.5 Å². The quantitative estimate of drug-likeness (QED) is 0.615. The number of fused-ring (bicyclic) bond motifs is 1. The highest BCUT2D eigenvalue weighted by Gasteiger charge is 2.30. The number of piperazine rings is 1. The van der Waals surface area contributed by atoms with Crippen LogP contribution in [0.3, 0.4) is 0 Å². The fourth-order valence-corrected chi connectivity index (χ4v) is 6.04. The van der Waals surface area contributed by atoms with E-state index in [1.54, 1.807) is 30.1 Å². The summed E-state index contributed by atoms with van der Waals surface area (Å²) in [6.45, 7) is 3.24. The summed E-state index contributed by atoms with van der Waals surface area (Å²) in [5.41, 5.74) is 2.82. The molecule has 2 heterocycles. The van der Waals surface area contributed by atoms with Crippen LogP contribution in [0.2, 0.25) is 0 Å². The predicted molar refractivity (Wildman–Crippen MR) is 117 cm³/mol. The summed E-state index contributed by atoms with van der Waals surface area (Å²) in [5.74, 6) is 0.00591. The fourth-order valence-electron chi connectivity index (χ4n) is 3.59. The van der Waals surface area contributed by atoms with Gasteiger partial charge in [-0.15, -0.1) is 0 Å². The van der Waals surface area contributed by atoms with Crippen LogP contribution in [0.15, 0.2) is 52.2 Å². The molecule has 4 rings (SSSR count). The second-order valence-electron chi connectivity index (χ2n) is 7.50. The topological polar surface area (TPSA) is 79.7 Å². The largest absolute Gasteiger partial charge is 0.340 e. The first-order valence-corrected chi connectivity index (χ1v) is 11.9. The molecule has 1 fully saturated rings. The van der Waals surface area contributed by atoms with Gasteiger partial charge in [-0.25, -0.2) is 8.42 Å². The minimum absolute atomic E-state index is 0.00591. The zero-order valence-corrected chi connectivity index (χ0v) is 18.5. The Labute approximate surface area is 179 Å². The zero-order chi connectivity index (χ0) is 21.5. The van der Waals surface area contributed by atoms with E-state index in [-0.39, 0.29) is 28.8 Å². The van der Waals surface area contributed by atoms with E-state index >= 15 is 0 Å². The number of nitrogens with zero attached hydrogens (tertiary/aromatic N) is 3. The molecule has 0 radical (unpaired) electrons. The van der Waals surface area contributed by atoms with Crippen molar-refractivity contribution in [1.82, 2.24) is 13.8 Å². The highest BCUT2D eigenvalue weighted by molar-refractivity contribution is 7.89. The lowest BCUT2D eigenvalue weighted by Crippen LogP contribution is -2.50. The Kier molecular flexibility index (Phi) is 5.52. The molecule has 0 N–H and O–H groups in total. The van der Waals surface area contributed by atoms with E-state index in [1.807, 2.05) is 31.2 Å². The molecule has 1 saturated heterocycles. The summed E-state index contributed by atoms with van der Waals surface area (Å²) in [6.07, 6.45) is 0.316. The van der Waals surface area contributed by atoms with Gasteiger partial charge >= 0.3 is 4.87 Å². The second-order valence-corrected chi connectivity index (χ2v) is 10.4. The van der Waals surface area contributed by atoms with E-state index in [9.17, 15) is 18.0 Å². The Hall–Kier alpha value is -2.49. The van der Waals surface area contributed by atoms with Gasteiger partial charge in [-0.3, -0.25) is 9.59 Å². The summed E-state index contributed by atoms with van der Waals surface area (Å²) < 4.78 is 29.7. The van der Waals surface area contributed by atoms with Crippen LogP contribution in [0.5, 0.6) is 0 Å². The summed E-state index contributed by atoms with van der Waals surface area (Å²) in [6, 6.07) is 12.6. The molecule has 1 aliphatic rings. The Balaban J connectivity index is 1.44. The van der Waals surface area contributed by atoms with Crippen LogP contribution in [-0.4, -0.2) is 54.3 Å². The number of hydrogen-bond donors (Lipinski definition) is 0. The van der Waals surface area contributed by atoms with Crippen LogP contribution in [-0.2, 0) is 28.3 Å². The number of benzene rings is 2. The molecule has 0 saturated carbocycles. The number of sulfonamides is 1. The highest BCUT2D eigenvalue weighted by atomic mass is 32.2. The first-order valence-electron chi connectivity index (χ1n) is 9.69. The molecule has 2 aromatic carbocycles. The van der Waals surface area contributed by atoms with Crippen LogP contribution in [0.25, 0.3) is 10.2 Å². The molecule has 0 unspecified atom stereocenters. The van der Waals surface area contributed by atoms with Crippen molar-refractivity contribution in [3.05, 3.63) is 63.3 Å². The zero-order valence-electron chi connectivity index (χ0n) is 16.9. The lowest BCUT2D eigenvalue weighted by Gasteiger charge is -2.34. The van der Waals surface area contributed by atoms with Gasteiger partial charge in [-0.2, -0.15) is 4.31 Å². The molecule has 1 amide bonds. The molecular formula is C21H23N3O4S2. The molecule has 0 aliphatic carbocycles. The lowest BCUT2D eigenvalue weighted by molar-refractivity contribution is -0.131. The molecule has 0 bridgehead atoms. The van der Waals surface area contributed by atoms with Crippen molar-refractivity contribution in [2.75, 3.05) is 26.2 Å². The van der Waals surface area contributed by atoms with Crippen LogP contribution in [0.4, 0.5) is 0 Å². The Morgan fingerprint density at radius 1 is 1.03 bits per heavy atom. The van der Waals surface area contributed by atoms with Crippen LogP contribution in [0, 0.1) is 6.92 Å². The number of amides is 1. The number of rotatable bonds is 4. The van der Waals surface area contributed by atoms with Crippen LogP contribution >= 0.6 is 11.3 Å². The maximum absolute atomic E-state index is 13.1. The van der Waals surface area contributed by atoms with Gasteiger partial charge < -0.3 is 9.47 Å². The second kappa shape index (κ2) is 7.98. The van der Waals surface area contributed by atoms with E-state index in [4.69, 9.17) is 0 Å². The van der Waals surface area contributed by atoms with Crippen molar-refractivity contribution >= 4 is 37.5 Å². The average Bonchev–Trinajstić information content (AvgIpc) is 3.03. The van der Waals surface area contributed by atoms with Gasteiger partial charge in [0, 0.05) is 33.2 Å². The number of hydrogen-bond acceptors (Lipinski definition) is 5. The van der Waals surface area contributed by atoms with Gasteiger partial charge in [-0.1, -0.05) is 41.2 Å². The summed E-state index contributed by atoms with van der Waals surface area (Å²) in [5, 5.41) is 0. The molecule has 1 aromatic heterocycles. The standard InChI is InChI=1S/C21H23N3O4S2/c1-15-3-5-16(6-4-15)13-20(25)23-9-11-24(12-10-23)30(27,28)17-7-8-18-19(14-17)29-21(26)22(18)2/h3-8,14H,9-13H2,1-2H3. The first-order chi connectivity index (χ1) is 14.3. The molecule has 9 heteroatoms. The number of aryl methyl sites for hydroxylation is 2. The van der Waals surface area contributed by atoms with Crippen molar-refractivity contribution < 1.29 is 13.2 Å². The van der Waals surface area contributed by atoms with E-state index in [0.29, 0.717) is 24.2 Å². The van der Waals surface area contributed by atoms with Gasteiger partial charge in [-0.05, 0) is 30.7 Å². The van der Waals surface area contributed by atoms with Crippen molar-refractivity contribution in [2.24, 2.45) is 7.05 Å². The average molecular weight is 446 g/mol. The van der Waals surface area contributed by atoms with Crippen LogP contribution < -0.4 is 4.87 Å². The van der Waals surface area contributed by atoms with Gasteiger partial charge in [0.1, 0.15) is 0 Å². The minimum Gasteiger partial charge on any atom is -0.340 e. The van der Waals surface area contributed by atoms with Crippen molar-refractivity contribution in [3.63, 3.8) is 0 Å².